The summed E-state index contributed by atoms with van der Waals surface area (Å²) in [6.45, 7) is 1.85. The van der Waals surface area contributed by atoms with Gasteiger partial charge in [0.1, 0.15) is 10.7 Å². The number of rotatable bonds is 5. The Balaban J connectivity index is 1.92. The van der Waals surface area contributed by atoms with Crippen molar-refractivity contribution in [2.75, 3.05) is 11.9 Å². The van der Waals surface area contributed by atoms with Gasteiger partial charge >= 0.3 is 0 Å². The van der Waals surface area contributed by atoms with Crippen molar-refractivity contribution in [3.63, 3.8) is 0 Å². The number of fused-ring (bicyclic) bond motifs is 1. The summed E-state index contributed by atoms with van der Waals surface area (Å²) < 4.78 is 1.09. The summed E-state index contributed by atoms with van der Waals surface area (Å²) in [6.07, 6.45) is 0. The highest BCUT2D eigenvalue weighted by Crippen LogP contribution is 2.31. The second kappa shape index (κ2) is 6.37. The highest BCUT2D eigenvalue weighted by Gasteiger charge is 2.20. The summed E-state index contributed by atoms with van der Waals surface area (Å²) in [5.41, 5.74) is 1.64. The van der Waals surface area contributed by atoms with Crippen LogP contribution in [0.3, 0.4) is 0 Å². The molecule has 0 aliphatic rings. The largest absolute Gasteiger partial charge is 0.362 e. The van der Waals surface area contributed by atoms with Gasteiger partial charge in [-0.3, -0.25) is 14.9 Å². The monoisotopic (exact) mass is 341 g/mol. The average molecular weight is 341 g/mol. The molecular formula is C17H15N3O3S. The van der Waals surface area contributed by atoms with Gasteiger partial charge in [-0.1, -0.05) is 12.1 Å². The second-order valence-corrected chi connectivity index (χ2v) is 6.56. The molecule has 0 aliphatic carbocycles. The van der Waals surface area contributed by atoms with Crippen LogP contribution in [0.4, 0.5) is 11.4 Å². The minimum Gasteiger partial charge on any atom is -0.362 e. The van der Waals surface area contributed by atoms with Gasteiger partial charge in [-0.15, -0.1) is 11.3 Å². The van der Waals surface area contributed by atoms with Crippen molar-refractivity contribution in [1.29, 1.82) is 0 Å². The van der Waals surface area contributed by atoms with Crippen molar-refractivity contribution in [2.24, 2.45) is 0 Å². The minimum atomic E-state index is -0.462. The fraction of sp³-hybridized carbons (Fsp3) is 0.176. The molecule has 0 fully saturated rings. The Hall–Kier alpha value is -2.80. The Labute approximate surface area is 142 Å². The zero-order valence-corrected chi connectivity index (χ0v) is 14.0. The summed E-state index contributed by atoms with van der Waals surface area (Å²) in [5.74, 6) is -0.196. The van der Waals surface area contributed by atoms with Crippen LogP contribution in [-0.2, 0) is 6.54 Å². The molecule has 122 valence electrons. The van der Waals surface area contributed by atoms with Gasteiger partial charge in [0.15, 0.2) is 5.78 Å². The van der Waals surface area contributed by atoms with Gasteiger partial charge in [-0.25, -0.2) is 4.98 Å². The Morgan fingerprint density at radius 3 is 2.71 bits per heavy atom. The number of benzene rings is 2. The molecular weight excluding hydrogens is 326 g/mol. The van der Waals surface area contributed by atoms with Crippen molar-refractivity contribution in [2.45, 2.75) is 13.5 Å². The van der Waals surface area contributed by atoms with E-state index in [9.17, 15) is 14.9 Å². The second-order valence-electron chi connectivity index (χ2n) is 5.45. The summed E-state index contributed by atoms with van der Waals surface area (Å²) in [5, 5.41) is 12.2. The molecule has 6 nitrogen and oxygen atoms in total. The maximum atomic E-state index is 11.4. The van der Waals surface area contributed by atoms with Crippen molar-refractivity contribution < 1.29 is 9.72 Å². The highest BCUT2D eigenvalue weighted by atomic mass is 32.1. The summed E-state index contributed by atoms with van der Waals surface area (Å²) in [7, 11) is 1.78. The highest BCUT2D eigenvalue weighted by molar-refractivity contribution is 7.18. The van der Waals surface area contributed by atoms with Crippen LogP contribution in [0.2, 0.25) is 0 Å². The average Bonchev–Trinajstić information content (AvgIpc) is 2.96. The van der Waals surface area contributed by atoms with E-state index >= 15 is 0 Å². The Morgan fingerprint density at radius 1 is 1.29 bits per heavy atom. The molecule has 0 spiro atoms. The third-order valence-electron chi connectivity index (χ3n) is 3.70. The molecule has 0 unspecified atom stereocenters. The summed E-state index contributed by atoms with van der Waals surface area (Å²) in [4.78, 5) is 28.7. The molecule has 0 N–H and O–H groups in total. The Bertz CT molecular complexity index is 903. The molecule has 24 heavy (non-hydrogen) atoms. The van der Waals surface area contributed by atoms with Crippen LogP contribution in [0.5, 0.6) is 0 Å². The molecule has 0 saturated carbocycles. The molecule has 1 heterocycles. The Kier molecular flexibility index (Phi) is 4.26. The number of hydrogen-bond donors (Lipinski definition) is 0. The molecule has 0 saturated heterocycles. The number of nitro groups is 1. The van der Waals surface area contributed by atoms with E-state index < -0.39 is 4.92 Å². The fourth-order valence-electron chi connectivity index (χ4n) is 2.49. The lowest BCUT2D eigenvalue weighted by atomic mass is 10.1. The number of Topliss-reactive ketones (excluding diaryl/α,β-unsaturated/α-hetero) is 1. The van der Waals surface area contributed by atoms with Gasteiger partial charge in [0.25, 0.3) is 5.69 Å². The molecule has 0 radical (unpaired) electrons. The number of nitrogens with zero attached hydrogens (tertiary/aromatic N) is 3. The van der Waals surface area contributed by atoms with E-state index in [1.54, 1.807) is 35.4 Å². The molecule has 7 heteroatoms. The number of carbonyl (C=O) groups is 1. The lowest BCUT2D eigenvalue weighted by molar-refractivity contribution is -0.384. The third kappa shape index (κ3) is 3.11. The first-order chi connectivity index (χ1) is 11.5. The third-order valence-corrected chi connectivity index (χ3v) is 4.72. The molecule has 0 amide bonds. The van der Waals surface area contributed by atoms with Crippen molar-refractivity contribution in [3.05, 3.63) is 63.1 Å². The van der Waals surface area contributed by atoms with Crippen molar-refractivity contribution in [1.82, 2.24) is 4.98 Å². The lowest BCUT2D eigenvalue weighted by Gasteiger charge is -2.18. The fourth-order valence-corrected chi connectivity index (χ4v) is 3.51. The molecule has 2 aromatic carbocycles. The number of para-hydroxylation sites is 1. The quantitative estimate of drug-likeness (QED) is 0.397. The normalized spacial score (nSPS) is 10.8. The molecule has 1 aromatic heterocycles. The van der Waals surface area contributed by atoms with Crippen LogP contribution in [-0.4, -0.2) is 22.7 Å². The van der Waals surface area contributed by atoms with Crippen molar-refractivity contribution in [3.8, 4) is 0 Å². The van der Waals surface area contributed by atoms with Crippen LogP contribution < -0.4 is 4.90 Å². The van der Waals surface area contributed by atoms with E-state index in [1.165, 1.54) is 13.0 Å². The van der Waals surface area contributed by atoms with Crippen LogP contribution in [0.15, 0.2) is 42.5 Å². The predicted molar refractivity (Wildman–Crippen MR) is 94.8 cm³/mol. The number of aromatic nitrogens is 1. The molecule has 0 bridgehead atoms. The first kappa shape index (κ1) is 16.1. The number of thiazole rings is 1. The van der Waals surface area contributed by atoms with E-state index in [2.05, 4.69) is 4.98 Å². The number of ketones is 1. The van der Waals surface area contributed by atoms with E-state index in [0.717, 1.165) is 15.2 Å². The van der Waals surface area contributed by atoms with E-state index in [4.69, 9.17) is 0 Å². The standard InChI is InChI=1S/C17H15N3O3S/c1-11(21)12-7-8-14(15(9-12)20(22)23)19(2)10-17-18-13-5-3-4-6-16(13)24-17/h3-9H,10H2,1-2H3. The minimum absolute atomic E-state index is 0.0775. The Morgan fingerprint density at radius 2 is 2.04 bits per heavy atom. The number of anilines is 1. The van der Waals surface area contributed by atoms with E-state index in [1.807, 2.05) is 24.3 Å². The van der Waals surface area contributed by atoms with Gasteiger partial charge in [-0.05, 0) is 31.2 Å². The van der Waals surface area contributed by atoms with E-state index in [-0.39, 0.29) is 11.5 Å². The zero-order chi connectivity index (χ0) is 17.3. The van der Waals surface area contributed by atoms with Gasteiger partial charge < -0.3 is 4.90 Å². The lowest BCUT2D eigenvalue weighted by Crippen LogP contribution is -2.17. The topological polar surface area (TPSA) is 76.3 Å². The number of carbonyl (C=O) groups excluding carboxylic acids is 1. The smallest absolute Gasteiger partial charge is 0.293 e. The van der Waals surface area contributed by atoms with Crippen LogP contribution in [0, 0.1) is 10.1 Å². The van der Waals surface area contributed by atoms with Crippen LogP contribution in [0.1, 0.15) is 22.3 Å². The van der Waals surface area contributed by atoms with Gasteiger partial charge in [0.05, 0.1) is 21.7 Å². The van der Waals surface area contributed by atoms with Crippen LogP contribution >= 0.6 is 11.3 Å². The summed E-state index contributed by atoms with van der Waals surface area (Å²) in [6, 6.07) is 12.4. The number of hydrogen-bond acceptors (Lipinski definition) is 6. The van der Waals surface area contributed by atoms with Crippen molar-refractivity contribution >= 4 is 38.7 Å². The van der Waals surface area contributed by atoms with Gasteiger partial charge in [-0.2, -0.15) is 0 Å². The number of nitro benzene ring substituents is 1. The summed E-state index contributed by atoms with van der Waals surface area (Å²) >= 11 is 1.57. The first-order valence-electron chi connectivity index (χ1n) is 7.30. The predicted octanol–water partition coefficient (Wildman–Crippen LogP) is 4.04. The molecule has 3 rings (SSSR count). The maximum Gasteiger partial charge on any atom is 0.293 e. The first-order valence-corrected chi connectivity index (χ1v) is 8.12. The van der Waals surface area contributed by atoms with E-state index in [0.29, 0.717) is 17.8 Å². The zero-order valence-electron chi connectivity index (χ0n) is 13.2. The molecule has 0 aliphatic heterocycles. The van der Waals surface area contributed by atoms with Crippen LogP contribution in [0.25, 0.3) is 10.2 Å². The SMILES string of the molecule is CC(=O)c1ccc(N(C)Cc2nc3ccccc3s2)c([N+](=O)[O-])c1. The molecule has 3 aromatic rings. The van der Waals surface area contributed by atoms with Gasteiger partial charge in [0, 0.05) is 18.7 Å². The van der Waals surface area contributed by atoms with Gasteiger partial charge in [0.2, 0.25) is 0 Å². The maximum absolute atomic E-state index is 11.4. The molecule has 0 atom stereocenters.